The average Bonchev–Trinajstić information content (AvgIpc) is 3.31. The second kappa shape index (κ2) is 5.52. The quantitative estimate of drug-likeness (QED) is 0.903. The van der Waals surface area contributed by atoms with Crippen LogP contribution in [-0.2, 0) is 0 Å². The van der Waals surface area contributed by atoms with E-state index in [-0.39, 0.29) is 17.7 Å². The van der Waals surface area contributed by atoms with Gasteiger partial charge in [-0.1, -0.05) is 6.07 Å². The monoisotopic (exact) mass is 283 g/mol. The molecule has 21 heavy (non-hydrogen) atoms. The Morgan fingerprint density at radius 3 is 2.76 bits per heavy atom. The van der Waals surface area contributed by atoms with Gasteiger partial charge in [-0.25, -0.2) is 4.98 Å². The maximum atomic E-state index is 12.3. The smallest absolute Gasteiger partial charge is 0.270 e. The van der Waals surface area contributed by atoms with Crippen LogP contribution in [0.5, 0.6) is 5.75 Å². The van der Waals surface area contributed by atoms with Gasteiger partial charge in [0.05, 0.1) is 17.9 Å². The molecule has 108 valence electrons. The SMILES string of the molecule is Cc1cccnc1[C@@H](NC(=O)c1ccc(O)cn1)C1CC1. The summed E-state index contributed by atoms with van der Waals surface area (Å²) >= 11 is 0. The highest BCUT2D eigenvalue weighted by Crippen LogP contribution is 2.41. The van der Waals surface area contributed by atoms with Crippen molar-refractivity contribution < 1.29 is 9.90 Å². The maximum Gasteiger partial charge on any atom is 0.270 e. The number of rotatable bonds is 4. The van der Waals surface area contributed by atoms with Gasteiger partial charge in [-0.05, 0) is 49.4 Å². The van der Waals surface area contributed by atoms with Crippen molar-refractivity contribution in [3.8, 4) is 5.75 Å². The highest BCUT2D eigenvalue weighted by molar-refractivity contribution is 5.92. The molecule has 5 heteroatoms. The van der Waals surface area contributed by atoms with Crippen LogP contribution < -0.4 is 5.32 Å². The number of nitrogens with one attached hydrogen (secondary N) is 1. The highest BCUT2D eigenvalue weighted by Gasteiger charge is 2.35. The van der Waals surface area contributed by atoms with Crippen LogP contribution in [0.4, 0.5) is 0 Å². The van der Waals surface area contributed by atoms with Gasteiger partial charge in [0.25, 0.3) is 5.91 Å². The van der Waals surface area contributed by atoms with E-state index in [1.807, 2.05) is 19.1 Å². The Bertz CT molecular complexity index is 651. The van der Waals surface area contributed by atoms with Crippen molar-refractivity contribution >= 4 is 5.91 Å². The summed E-state index contributed by atoms with van der Waals surface area (Å²) in [5.74, 6) is 0.252. The van der Waals surface area contributed by atoms with Gasteiger partial charge in [-0.2, -0.15) is 0 Å². The first-order valence-corrected chi connectivity index (χ1v) is 7.02. The summed E-state index contributed by atoms with van der Waals surface area (Å²) in [6.07, 6.45) is 5.23. The fourth-order valence-electron chi connectivity index (χ4n) is 2.40. The van der Waals surface area contributed by atoms with Gasteiger partial charge in [-0.15, -0.1) is 0 Å². The van der Waals surface area contributed by atoms with E-state index in [9.17, 15) is 9.90 Å². The third-order valence-corrected chi connectivity index (χ3v) is 3.71. The zero-order valence-corrected chi connectivity index (χ0v) is 11.8. The maximum absolute atomic E-state index is 12.3. The number of aromatic hydroxyl groups is 1. The number of hydrogen-bond donors (Lipinski definition) is 2. The van der Waals surface area contributed by atoms with Crippen molar-refractivity contribution in [3.63, 3.8) is 0 Å². The molecule has 0 aromatic carbocycles. The molecule has 2 heterocycles. The Hall–Kier alpha value is -2.43. The minimum atomic E-state index is -0.239. The van der Waals surface area contributed by atoms with Gasteiger partial charge >= 0.3 is 0 Å². The molecule has 2 N–H and O–H groups in total. The number of aromatic nitrogens is 2. The van der Waals surface area contributed by atoms with Gasteiger partial charge < -0.3 is 10.4 Å². The molecule has 1 atom stereocenters. The summed E-state index contributed by atoms with van der Waals surface area (Å²) in [6.45, 7) is 2.00. The van der Waals surface area contributed by atoms with E-state index >= 15 is 0 Å². The zero-order chi connectivity index (χ0) is 14.8. The Balaban J connectivity index is 1.81. The molecule has 2 aromatic rings. The Morgan fingerprint density at radius 1 is 1.33 bits per heavy atom. The molecule has 0 radical (unpaired) electrons. The van der Waals surface area contributed by atoms with Crippen LogP contribution in [-0.4, -0.2) is 21.0 Å². The summed E-state index contributed by atoms with van der Waals surface area (Å²) in [5.41, 5.74) is 2.30. The van der Waals surface area contributed by atoms with Crippen LogP contribution >= 0.6 is 0 Å². The molecule has 3 rings (SSSR count). The van der Waals surface area contributed by atoms with Gasteiger partial charge in [0.2, 0.25) is 0 Å². The molecule has 0 saturated heterocycles. The third-order valence-electron chi connectivity index (χ3n) is 3.71. The number of pyridine rings is 2. The minimum absolute atomic E-state index is 0.0471. The topological polar surface area (TPSA) is 75.1 Å². The van der Waals surface area contributed by atoms with Crippen LogP contribution in [0.1, 0.15) is 40.6 Å². The van der Waals surface area contributed by atoms with Crippen molar-refractivity contribution in [2.24, 2.45) is 5.92 Å². The Labute approximate surface area is 123 Å². The predicted molar refractivity (Wildman–Crippen MR) is 77.8 cm³/mol. The van der Waals surface area contributed by atoms with Crippen LogP contribution in [0.15, 0.2) is 36.7 Å². The number of carbonyl (C=O) groups excluding carboxylic acids is 1. The van der Waals surface area contributed by atoms with Crippen molar-refractivity contribution in [1.29, 1.82) is 0 Å². The summed E-state index contributed by atoms with van der Waals surface area (Å²) in [4.78, 5) is 20.7. The molecule has 1 amide bonds. The molecule has 1 fully saturated rings. The number of hydrogen-bond acceptors (Lipinski definition) is 4. The third kappa shape index (κ3) is 3.02. The molecule has 0 aliphatic heterocycles. The van der Waals surface area contributed by atoms with Gasteiger partial charge in [-0.3, -0.25) is 9.78 Å². The number of carbonyl (C=O) groups is 1. The molecule has 5 nitrogen and oxygen atoms in total. The van der Waals surface area contributed by atoms with Gasteiger partial charge in [0.1, 0.15) is 11.4 Å². The van der Waals surface area contributed by atoms with E-state index < -0.39 is 0 Å². The molecule has 1 saturated carbocycles. The second-order valence-corrected chi connectivity index (χ2v) is 5.40. The Kier molecular flexibility index (Phi) is 3.56. The van der Waals surface area contributed by atoms with Crippen molar-refractivity contribution in [2.45, 2.75) is 25.8 Å². The molecular formula is C16H17N3O2. The normalized spacial score (nSPS) is 15.5. The van der Waals surface area contributed by atoms with Crippen molar-refractivity contribution in [3.05, 3.63) is 53.6 Å². The van der Waals surface area contributed by atoms with Gasteiger partial charge in [0.15, 0.2) is 0 Å². The first-order valence-electron chi connectivity index (χ1n) is 7.02. The summed E-state index contributed by atoms with van der Waals surface area (Å²) in [6, 6.07) is 6.80. The van der Waals surface area contributed by atoms with E-state index in [0.29, 0.717) is 11.6 Å². The molecule has 0 bridgehead atoms. The molecule has 2 aromatic heterocycles. The predicted octanol–water partition coefficient (Wildman–Crippen LogP) is 2.37. The van der Waals surface area contributed by atoms with Crippen molar-refractivity contribution in [1.82, 2.24) is 15.3 Å². The van der Waals surface area contributed by atoms with E-state index in [0.717, 1.165) is 24.1 Å². The van der Waals surface area contributed by atoms with E-state index in [4.69, 9.17) is 0 Å². The summed E-state index contributed by atoms with van der Waals surface area (Å²) < 4.78 is 0. The van der Waals surface area contributed by atoms with E-state index in [1.165, 1.54) is 18.3 Å². The second-order valence-electron chi connectivity index (χ2n) is 5.40. The number of amides is 1. The number of aryl methyl sites for hydroxylation is 1. The lowest BCUT2D eigenvalue weighted by atomic mass is 10.0. The summed E-state index contributed by atoms with van der Waals surface area (Å²) in [5, 5.41) is 12.3. The zero-order valence-electron chi connectivity index (χ0n) is 11.8. The molecule has 1 aliphatic carbocycles. The molecule has 1 aliphatic rings. The lowest BCUT2D eigenvalue weighted by Crippen LogP contribution is -2.31. The standard InChI is InChI=1S/C16H17N3O2/c1-10-3-2-8-17-14(10)15(11-4-5-11)19-16(21)13-7-6-12(20)9-18-13/h2-3,6-9,11,15,20H,4-5H2,1H3,(H,19,21)/t15-/m0/s1. The van der Waals surface area contributed by atoms with E-state index in [1.54, 1.807) is 6.20 Å². The first-order chi connectivity index (χ1) is 10.1. The van der Waals surface area contributed by atoms with Crippen LogP contribution in [0, 0.1) is 12.8 Å². The molecule has 0 spiro atoms. The fourth-order valence-corrected chi connectivity index (χ4v) is 2.40. The van der Waals surface area contributed by atoms with Crippen LogP contribution in [0.3, 0.4) is 0 Å². The Morgan fingerprint density at radius 2 is 2.14 bits per heavy atom. The number of nitrogens with zero attached hydrogens (tertiary/aromatic N) is 2. The largest absolute Gasteiger partial charge is 0.506 e. The van der Waals surface area contributed by atoms with Crippen molar-refractivity contribution in [2.75, 3.05) is 0 Å². The fraction of sp³-hybridized carbons (Fsp3) is 0.312. The summed E-state index contributed by atoms with van der Waals surface area (Å²) in [7, 11) is 0. The van der Waals surface area contributed by atoms with Gasteiger partial charge in [0, 0.05) is 6.20 Å². The van der Waals surface area contributed by atoms with Crippen LogP contribution in [0.2, 0.25) is 0 Å². The highest BCUT2D eigenvalue weighted by atomic mass is 16.3. The minimum Gasteiger partial charge on any atom is -0.506 e. The molecular weight excluding hydrogens is 266 g/mol. The van der Waals surface area contributed by atoms with E-state index in [2.05, 4.69) is 15.3 Å². The lowest BCUT2D eigenvalue weighted by molar-refractivity contribution is 0.0925. The average molecular weight is 283 g/mol. The first kappa shape index (κ1) is 13.5. The lowest BCUT2D eigenvalue weighted by Gasteiger charge is -2.19. The molecule has 0 unspecified atom stereocenters. The van der Waals surface area contributed by atoms with Crippen LogP contribution in [0.25, 0.3) is 0 Å².